The maximum Gasteiger partial charge on any atom is 0.104 e. The Morgan fingerprint density at radius 2 is 2.15 bits per heavy atom. The molecular weight excluding hydrogens is 290 g/mol. The zero-order valence-electron chi connectivity index (χ0n) is 11.9. The lowest BCUT2D eigenvalue weighted by Gasteiger charge is -2.31. The molecule has 3 N–H and O–H groups in total. The maximum absolute atomic E-state index is 6.25. The first-order chi connectivity index (χ1) is 9.60. The van der Waals surface area contributed by atoms with Crippen molar-refractivity contribution in [1.82, 2.24) is 4.90 Å². The van der Waals surface area contributed by atoms with E-state index in [1.165, 1.54) is 25.9 Å². The fraction of sp³-hybridized carbons (Fsp3) is 0.533. The van der Waals surface area contributed by atoms with Gasteiger partial charge in [0.1, 0.15) is 4.99 Å². The Balaban J connectivity index is 1.87. The van der Waals surface area contributed by atoms with Crippen LogP contribution in [0.15, 0.2) is 18.2 Å². The van der Waals surface area contributed by atoms with Crippen LogP contribution in [0, 0.1) is 5.92 Å². The Kier molecular flexibility index (Phi) is 5.64. The molecule has 20 heavy (non-hydrogen) atoms. The van der Waals surface area contributed by atoms with E-state index < -0.39 is 0 Å². The standard InChI is InChI=1S/C15H22ClN3S/c1-2-19-7-5-11(6-8-19)10-18-14-4-3-12(15(17)20)9-13(14)16/h3-4,9,11,18H,2,5-8,10H2,1H3,(H2,17,20). The molecule has 1 heterocycles. The molecule has 0 spiro atoms. The molecule has 0 aromatic heterocycles. The Morgan fingerprint density at radius 1 is 1.45 bits per heavy atom. The van der Waals surface area contributed by atoms with Gasteiger partial charge in [-0.3, -0.25) is 0 Å². The summed E-state index contributed by atoms with van der Waals surface area (Å²) in [6.45, 7) is 6.77. The molecule has 0 saturated carbocycles. The number of piperidine rings is 1. The number of thiocarbonyl (C=S) groups is 1. The highest BCUT2D eigenvalue weighted by Crippen LogP contribution is 2.25. The van der Waals surface area contributed by atoms with E-state index in [-0.39, 0.29) is 0 Å². The zero-order chi connectivity index (χ0) is 14.5. The molecule has 1 aliphatic heterocycles. The second-order valence-electron chi connectivity index (χ2n) is 5.32. The highest BCUT2D eigenvalue weighted by molar-refractivity contribution is 7.80. The normalized spacial score (nSPS) is 17.1. The molecule has 2 rings (SSSR count). The zero-order valence-corrected chi connectivity index (χ0v) is 13.4. The van der Waals surface area contributed by atoms with Gasteiger partial charge in [-0.1, -0.05) is 30.7 Å². The van der Waals surface area contributed by atoms with E-state index in [9.17, 15) is 0 Å². The average Bonchev–Trinajstić information content (AvgIpc) is 2.46. The summed E-state index contributed by atoms with van der Waals surface area (Å²) in [5, 5.41) is 4.13. The summed E-state index contributed by atoms with van der Waals surface area (Å²) in [6.07, 6.45) is 2.51. The van der Waals surface area contributed by atoms with Gasteiger partial charge in [0.15, 0.2) is 0 Å². The fourth-order valence-corrected chi connectivity index (χ4v) is 2.95. The van der Waals surface area contributed by atoms with Gasteiger partial charge in [-0.05, 0) is 56.6 Å². The van der Waals surface area contributed by atoms with Crippen molar-refractivity contribution in [3.63, 3.8) is 0 Å². The summed E-state index contributed by atoms with van der Waals surface area (Å²) in [7, 11) is 0. The van der Waals surface area contributed by atoms with Crippen molar-refractivity contribution in [1.29, 1.82) is 0 Å². The van der Waals surface area contributed by atoms with Crippen LogP contribution in [0.25, 0.3) is 0 Å². The van der Waals surface area contributed by atoms with E-state index in [1.807, 2.05) is 18.2 Å². The third-order valence-corrected chi connectivity index (χ3v) is 4.54. The van der Waals surface area contributed by atoms with Gasteiger partial charge in [0.25, 0.3) is 0 Å². The maximum atomic E-state index is 6.25. The Labute approximate surface area is 131 Å². The van der Waals surface area contributed by atoms with E-state index in [4.69, 9.17) is 29.6 Å². The second kappa shape index (κ2) is 7.25. The SMILES string of the molecule is CCN1CCC(CNc2ccc(C(N)=S)cc2Cl)CC1. The lowest BCUT2D eigenvalue weighted by molar-refractivity contribution is 0.198. The smallest absolute Gasteiger partial charge is 0.104 e. The van der Waals surface area contributed by atoms with Crippen LogP contribution in [-0.2, 0) is 0 Å². The first kappa shape index (κ1) is 15.5. The van der Waals surface area contributed by atoms with Crippen LogP contribution in [0.3, 0.4) is 0 Å². The molecule has 1 aromatic carbocycles. The fourth-order valence-electron chi connectivity index (χ4n) is 2.57. The molecule has 1 fully saturated rings. The molecule has 1 saturated heterocycles. The minimum Gasteiger partial charge on any atom is -0.389 e. The largest absolute Gasteiger partial charge is 0.389 e. The van der Waals surface area contributed by atoms with Crippen LogP contribution < -0.4 is 11.1 Å². The van der Waals surface area contributed by atoms with E-state index in [0.29, 0.717) is 10.0 Å². The number of benzene rings is 1. The van der Waals surface area contributed by atoms with Gasteiger partial charge in [-0.15, -0.1) is 0 Å². The van der Waals surface area contributed by atoms with Gasteiger partial charge in [0, 0.05) is 12.1 Å². The molecule has 0 amide bonds. The Bertz CT molecular complexity index is 470. The first-order valence-electron chi connectivity index (χ1n) is 7.15. The number of nitrogens with one attached hydrogen (secondary N) is 1. The van der Waals surface area contributed by atoms with Gasteiger partial charge < -0.3 is 16.0 Å². The number of likely N-dealkylation sites (tertiary alicyclic amines) is 1. The van der Waals surface area contributed by atoms with Crippen LogP contribution in [0.4, 0.5) is 5.69 Å². The number of nitrogens with two attached hydrogens (primary N) is 1. The molecule has 0 unspecified atom stereocenters. The molecule has 0 bridgehead atoms. The summed E-state index contributed by atoms with van der Waals surface area (Å²) in [6, 6.07) is 5.69. The molecule has 5 heteroatoms. The third kappa shape index (κ3) is 4.08. The predicted molar refractivity (Wildman–Crippen MR) is 90.7 cm³/mol. The van der Waals surface area contributed by atoms with Gasteiger partial charge in [-0.25, -0.2) is 0 Å². The van der Waals surface area contributed by atoms with Crippen molar-refractivity contribution in [2.75, 3.05) is 31.5 Å². The topological polar surface area (TPSA) is 41.3 Å². The second-order valence-corrected chi connectivity index (χ2v) is 6.16. The molecule has 0 atom stereocenters. The monoisotopic (exact) mass is 311 g/mol. The van der Waals surface area contributed by atoms with Crippen molar-refractivity contribution in [3.05, 3.63) is 28.8 Å². The molecular formula is C15H22ClN3S. The highest BCUT2D eigenvalue weighted by Gasteiger charge is 2.17. The van der Waals surface area contributed by atoms with Crippen molar-refractivity contribution < 1.29 is 0 Å². The van der Waals surface area contributed by atoms with E-state index >= 15 is 0 Å². The van der Waals surface area contributed by atoms with Crippen LogP contribution in [0.5, 0.6) is 0 Å². The summed E-state index contributed by atoms with van der Waals surface area (Å²) in [4.78, 5) is 2.88. The van der Waals surface area contributed by atoms with Crippen LogP contribution >= 0.6 is 23.8 Å². The number of hydrogen-bond donors (Lipinski definition) is 2. The van der Waals surface area contributed by atoms with E-state index in [0.717, 1.165) is 30.3 Å². The van der Waals surface area contributed by atoms with Crippen molar-refractivity contribution in [2.45, 2.75) is 19.8 Å². The summed E-state index contributed by atoms with van der Waals surface area (Å²) in [5.41, 5.74) is 7.37. The highest BCUT2D eigenvalue weighted by atomic mass is 35.5. The third-order valence-electron chi connectivity index (χ3n) is 3.99. The molecule has 0 radical (unpaired) electrons. The van der Waals surface area contributed by atoms with Gasteiger partial charge in [-0.2, -0.15) is 0 Å². The minimum absolute atomic E-state index is 0.380. The van der Waals surface area contributed by atoms with Crippen molar-refractivity contribution in [3.8, 4) is 0 Å². The lowest BCUT2D eigenvalue weighted by Crippen LogP contribution is -2.35. The molecule has 1 aliphatic rings. The molecule has 110 valence electrons. The van der Waals surface area contributed by atoms with Crippen LogP contribution in [0.2, 0.25) is 5.02 Å². The average molecular weight is 312 g/mol. The number of nitrogens with zero attached hydrogens (tertiary/aromatic N) is 1. The summed E-state index contributed by atoms with van der Waals surface area (Å²) in [5.74, 6) is 0.726. The number of anilines is 1. The number of hydrogen-bond acceptors (Lipinski definition) is 3. The van der Waals surface area contributed by atoms with E-state index in [1.54, 1.807) is 0 Å². The molecule has 3 nitrogen and oxygen atoms in total. The lowest BCUT2D eigenvalue weighted by atomic mass is 9.97. The number of rotatable bonds is 5. The quantitative estimate of drug-likeness (QED) is 0.820. The van der Waals surface area contributed by atoms with E-state index in [2.05, 4.69) is 17.1 Å². The predicted octanol–water partition coefficient (Wildman–Crippen LogP) is 3.12. The van der Waals surface area contributed by atoms with Crippen molar-refractivity contribution in [2.24, 2.45) is 11.7 Å². The number of halogens is 1. The van der Waals surface area contributed by atoms with Gasteiger partial charge in [0.05, 0.1) is 10.7 Å². The van der Waals surface area contributed by atoms with Crippen LogP contribution in [0.1, 0.15) is 25.3 Å². The summed E-state index contributed by atoms with van der Waals surface area (Å²) >= 11 is 11.2. The molecule has 0 aliphatic carbocycles. The Hall–Kier alpha value is -0.840. The molecule has 1 aromatic rings. The summed E-state index contributed by atoms with van der Waals surface area (Å²) < 4.78 is 0. The van der Waals surface area contributed by atoms with Crippen molar-refractivity contribution >= 4 is 34.5 Å². The minimum atomic E-state index is 0.380. The van der Waals surface area contributed by atoms with Crippen LogP contribution in [-0.4, -0.2) is 36.1 Å². The van der Waals surface area contributed by atoms with Gasteiger partial charge in [0.2, 0.25) is 0 Å². The van der Waals surface area contributed by atoms with Gasteiger partial charge >= 0.3 is 0 Å². The Morgan fingerprint density at radius 3 is 2.70 bits per heavy atom. The first-order valence-corrected chi connectivity index (χ1v) is 7.94.